The molecule has 0 unspecified atom stereocenters. The standard InChI is InChI=1S/C23H31N3O4S/c1-25(2)31(28,29)20-10-11-22(30-3)19(17-20)9-12-23(27)24-14-6-15-26-16-13-18-7-4-5-8-21(18)26/h4-5,7-8,10-11,17H,6,9,12-16H2,1-3H3,(H,24,27). The monoisotopic (exact) mass is 445 g/mol. The van der Waals surface area contributed by atoms with Gasteiger partial charge in [-0.15, -0.1) is 0 Å². The first kappa shape index (κ1) is 23.1. The molecule has 0 radical (unpaired) electrons. The van der Waals surface area contributed by atoms with Crippen molar-refractivity contribution >= 4 is 21.6 Å². The zero-order valence-electron chi connectivity index (χ0n) is 18.4. The Morgan fingerprint density at radius 3 is 2.71 bits per heavy atom. The van der Waals surface area contributed by atoms with E-state index >= 15 is 0 Å². The lowest BCUT2D eigenvalue weighted by Gasteiger charge is -2.19. The SMILES string of the molecule is COc1ccc(S(=O)(=O)N(C)C)cc1CCC(=O)NCCCN1CCc2ccccc21. The van der Waals surface area contributed by atoms with E-state index in [0.717, 1.165) is 25.9 Å². The minimum Gasteiger partial charge on any atom is -0.496 e. The van der Waals surface area contributed by atoms with Crippen LogP contribution in [0.15, 0.2) is 47.4 Å². The third-order valence-corrected chi connectivity index (χ3v) is 7.37. The topological polar surface area (TPSA) is 79.0 Å². The second kappa shape index (κ2) is 10.2. The van der Waals surface area contributed by atoms with Crippen molar-refractivity contribution in [3.05, 3.63) is 53.6 Å². The molecule has 0 fully saturated rings. The lowest BCUT2D eigenvalue weighted by molar-refractivity contribution is -0.121. The largest absolute Gasteiger partial charge is 0.496 e. The number of hydrogen-bond acceptors (Lipinski definition) is 5. The maximum absolute atomic E-state index is 12.4. The van der Waals surface area contributed by atoms with Crippen LogP contribution < -0.4 is 15.0 Å². The molecule has 0 atom stereocenters. The third-order valence-electron chi connectivity index (χ3n) is 5.56. The highest BCUT2D eigenvalue weighted by atomic mass is 32.2. The van der Waals surface area contributed by atoms with Crippen LogP contribution in [0.25, 0.3) is 0 Å². The van der Waals surface area contributed by atoms with Crippen molar-refractivity contribution in [2.45, 2.75) is 30.6 Å². The molecule has 1 heterocycles. The van der Waals surface area contributed by atoms with Crippen molar-refractivity contribution in [2.75, 3.05) is 45.7 Å². The minimum atomic E-state index is -3.54. The van der Waals surface area contributed by atoms with Gasteiger partial charge in [0.25, 0.3) is 0 Å². The maximum Gasteiger partial charge on any atom is 0.242 e. The van der Waals surface area contributed by atoms with Gasteiger partial charge in [0.05, 0.1) is 12.0 Å². The number of nitrogens with one attached hydrogen (secondary N) is 1. The number of aryl methyl sites for hydroxylation is 1. The minimum absolute atomic E-state index is 0.0512. The highest BCUT2D eigenvalue weighted by Gasteiger charge is 2.20. The van der Waals surface area contributed by atoms with E-state index in [1.54, 1.807) is 12.1 Å². The molecule has 7 nitrogen and oxygen atoms in total. The molecule has 1 aliphatic rings. The molecule has 3 rings (SSSR count). The number of ether oxygens (including phenoxy) is 1. The smallest absolute Gasteiger partial charge is 0.242 e. The van der Waals surface area contributed by atoms with E-state index in [9.17, 15) is 13.2 Å². The van der Waals surface area contributed by atoms with Crippen molar-refractivity contribution < 1.29 is 17.9 Å². The lowest BCUT2D eigenvalue weighted by atomic mass is 10.1. The number of anilines is 1. The van der Waals surface area contributed by atoms with Gasteiger partial charge in [-0.25, -0.2) is 12.7 Å². The van der Waals surface area contributed by atoms with Crippen LogP contribution in [0.3, 0.4) is 0 Å². The predicted octanol–water partition coefficient (Wildman–Crippen LogP) is 2.45. The number of amides is 1. The van der Waals surface area contributed by atoms with Crippen LogP contribution in [0.2, 0.25) is 0 Å². The van der Waals surface area contributed by atoms with E-state index in [2.05, 4.69) is 34.5 Å². The van der Waals surface area contributed by atoms with Gasteiger partial charge in [-0.1, -0.05) is 18.2 Å². The van der Waals surface area contributed by atoms with Crippen molar-refractivity contribution in [3.8, 4) is 5.75 Å². The molecule has 0 bridgehead atoms. The molecule has 0 spiro atoms. The molecule has 2 aromatic rings. The van der Waals surface area contributed by atoms with Crippen LogP contribution in [-0.4, -0.2) is 59.5 Å². The zero-order valence-corrected chi connectivity index (χ0v) is 19.2. The molecule has 31 heavy (non-hydrogen) atoms. The summed E-state index contributed by atoms with van der Waals surface area (Å²) in [6.07, 6.45) is 2.63. The summed E-state index contributed by atoms with van der Waals surface area (Å²) in [5, 5.41) is 2.97. The van der Waals surface area contributed by atoms with E-state index < -0.39 is 10.0 Å². The first-order valence-electron chi connectivity index (χ1n) is 10.5. The van der Waals surface area contributed by atoms with Gasteiger partial charge in [-0.2, -0.15) is 0 Å². The second-order valence-electron chi connectivity index (χ2n) is 7.83. The fraction of sp³-hybridized carbons (Fsp3) is 0.435. The molecule has 0 aliphatic carbocycles. The molecule has 0 saturated heterocycles. The number of carbonyl (C=O) groups is 1. The van der Waals surface area contributed by atoms with Crippen molar-refractivity contribution in [3.63, 3.8) is 0 Å². The Kier molecular flexibility index (Phi) is 7.56. The van der Waals surface area contributed by atoms with Crippen LogP contribution in [0.1, 0.15) is 24.0 Å². The average molecular weight is 446 g/mol. The van der Waals surface area contributed by atoms with E-state index in [-0.39, 0.29) is 17.2 Å². The van der Waals surface area contributed by atoms with Gasteiger partial charge in [-0.3, -0.25) is 4.79 Å². The fourth-order valence-electron chi connectivity index (χ4n) is 3.79. The lowest BCUT2D eigenvalue weighted by Crippen LogP contribution is -2.29. The summed E-state index contributed by atoms with van der Waals surface area (Å²) in [6.45, 7) is 2.55. The van der Waals surface area contributed by atoms with Crippen LogP contribution in [0.5, 0.6) is 5.75 Å². The van der Waals surface area contributed by atoms with Crippen LogP contribution in [0.4, 0.5) is 5.69 Å². The van der Waals surface area contributed by atoms with Gasteiger partial charge in [0.2, 0.25) is 15.9 Å². The van der Waals surface area contributed by atoms with Gasteiger partial charge < -0.3 is 15.0 Å². The van der Waals surface area contributed by atoms with E-state index in [4.69, 9.17) is 4.74 Å². The summed E-state index contributed by atoms with van der Waals surface area (Å²) < 4.78 is 31.3. The highest BCUT2D eigenvalue weighted by Crippen LogP contribution is 2.27. The molecule has 2 aromatic carbocycles. The Bertz CT molecular complexity index is 1020. The van der Waals surface area contributed by atoms with Crippen LogP contribution in [-0.2, 0) is 27.7 Å². The van der Waals surface area contributed by atoms with Crippen LogP contribution >= 0.6 is 0 Å². The van der Waals surface area contributed by atoms with E-state index in [0.29, 0.717) is 24.3 Å². The maximum atomic E-state index is 12.4. The Hall–Kier alpha value is -2.58. The number of carbonyl (C=O) groups excluding carboxylic acids is 1. The second-order valence-corrected chi connectivity index (χ2v) is 9.98. The summed E-state index contributed by atoms with van der Waals surface area (Å²) >= 11 is 0. The molecule has 168 valence electrons. The molecule has 0 saturated carbocycles. The van der Waals surface area contributed by atoms with Gasteiger partial charge in [0.1, 0.15) is 5.75 Å². The first-order chi connectivity index (χ1) is 14.8. The summed E-state index contributed by atoms with van der Waals surface area (Å²) in [7, 11) is 0.987. The number of hydrogen-bond donors (Lipinski definition) is 1. The Labute approximate surface area is 185 Å². The van der Waals surface area contributed by atoms with Crippen molar-refractivity contribution in [1.82, 2.24) is 9.62 Å². The Morgan fingerprint density at radius 2 is 1.97 bits per heavy atom. The van der Waals surface area contributed by atoms with Gasteiger partial charge in [-0.05, 0) is 54.7 Å². The molecule has 1 amide bonds. The van der Waals surface area contributed by atoms with Gasteiger partial charge in [0, 0.05) is 45.8 Å². The predicted molar refractivity (Wildman–Crippen MR) is 122 cm³/mol. The van der Waals surface area contributed by atoms with Gasteiger partial charge >= 0.3 is 0 Å². The average Bonchev–Trinajstić information content (AvgIpc) is 3.18. The number of rotatable bonds is 10. The molecular formula is C23H31N3O4S. The zero-order chi connectivity index (χ0) is 22.4. The Morgan fingerprint density at radius 1 is 1.19 bits per heavy atom. The quantitative estimate of drug-likeness (QED) is 0.569. The summed E-state index contributed by atoms with van der Waals surface area (Å²) in [6, 6.07) is 13.2. The number of sulfonamides is 1. The third kappa shape index (κ3) is 5.57. The molecule has 0 aromatic heterocycles. The number of nitrogens with zero attached hydrogens (tertiary/aromatic N) is 2. The normalized spacial score (nSPS) is 13.4. The van der Waals surface area contributed by atoms with Crippen molar-refractivity contribution in [2.24, 2.45) is 0 Å². The molecule has 1 aliphatic heterocycles. The van der Waals surface area contributed by atoms with Crippen LogP contribution in [0, 0.1) is 0 Å². The first-order valence-corrected chi connectivity index (χ1v) is 12.0. The van der Waals surface area contributed by atoms with E-state index in [1.165, 1.54) is 42.8 Å². The number of para-hydroxylation sites is 1. The molecular weight excluding hydrogens is 414 g/mol. The molecule has 8 heteroatoms. The summed E-state index contributed by atoms with van der Waals surface area (Å²) in [4.78, 5) is 14.9. The number of methoxy groups -OCH3 is 1. The highest BCUT2D eigenvalue weighted by molar-refractivity contribution is 7.89. The van der Waals surface area contributed by atoms with Gasteiger partial charge in [0.15, 0.2) is 0 Å². The number of fused-ring (bicyclic) bond motifs is 1. The number of benzene rings is 2. The fourth-order valence-corrected chi connectivity index (χ4v) is 4.75. The summed E-state index contributed by atoms with van der Waals surface area (Å²) in [5.74, 6) is 0.531. The van der Waals surface area contributed by atoms with Crippen molar-refractivity contribution in [1.29, 1.82) is 0 Å². The Balaban J connectivity index is 1.48. The van der Waals surface area contributed by atoms with E-state index in [1.807, 2.05) is 0 Å². The molecule has 1 N–H and O–H groups in total. The summed E-state index contributed by atoms with van der Waals surface area (Å²) in [5.41, 5.74) is 3.39.